The minimum absolute atomic E-state index is 0.233. The molecule has 110 valence electrons. The summed E-state index contributed by atoms with van der Waals surface area (Å²) in [5, 5.41) is 8.70. The number of hydrogen-bond acceptors (Lipinski definition) is 1. The first-order valence-corrected chi connectivity index (χ1v) is 5.76. The summed E-state index contributed by atoms with van der Waals surface area (Å²) in [5.74, 6) is -2.68. The third-order valence-electron chi connectivity index (χ3n) is 2.90. The van der Waals surface area contributed by atoms with Crippen LogP contribution in [0.5, 0.6) is 0 Å². The lowest BCUT2D eigenvalue weighted by molar-refractivity contribution is -0.137. The number of rotatable bonds is 1. The number of nitrogens with zero attached hydrogens (tertiary/aromatic N) is 2. The van der Waals surface area contributed by atoms with Gasteiger partial charge in [-0.15, -0.1) is 0 Å². The molecule has 0 heterocycles. The fourth-order valence-electron chi connectivity index (χ4n) is 1.93. The quantitative estimate of drug-likeness (QED) is 0.534. The van der Waals surface area contributed by atoms with E-state index in [-0.39, 0.29) is 11.1 Å². The van der Waals surface area contributed by atoms with E-state index in [1.54, 1.807) is 6.07 Å². The predicted octanol–water partition coefficient (Wildman–Crippen LogP) is 5.07. The molecule has 0 unspecified atom stereocenters. The topological polar surface area (TPSA) is 28.1 Å². The molecule has 2 aromatic carbocycles. The minimum atomic E-state index is -4.81. The van der Waals surface area contributed by atoms with Gasteiger partial charge in [-0.1, -0.05) is 6.07 Å². The Morgan fingerprint density at radius 2 is 1.64 bits per heavy atom. The van der Waals surface area contributed by atoms with Crippen molar-refractivity contribution in [3.63, 3.8) is 0 Å². The van der Waals surface area contributed by atoms with E-state index in [1.807, 2.05) is 0 Å². The van der Waals surface area contributed by atoms with Gasteiger partial charge in [0.15, 0.2) is 11.5 Å². The Bertz CT molecular complexity index is 826. The van der Waals surface area contributed by atoms with E-state index in [9.17, 15) is 22.0 Å². The van der Waals surface area contributed by atoms with Crippen molar-refractivity contribution in [1.82, 2.24) is 0 Å². The van der Waals surface area contributed by atoms with Crippen molar-refractivity contribution in [2.75, 3.05) is 0 Å². The highest BCUT2D eigenvalue weighted by molar-refractivity contribution is 5.81. The number of alkyl halides is 3. The fraction of sp³-hybridized carbons (Fsp3) is 0.0667. The largest absolute Gasteiger partial charge is 0.417 e. The lowest BCUT2D eigenvalue weighted by atomic mass is 9.96. The molecule has 0 atom stereocenters. The van der Waals surface area contributed by atoms with Crippen molar-refractivity contribution < 1.29 is 22.0 Å². The van der Waals surface area contributed by atoms with Gasteiger partial charge >= 0.3 is 6.18 Å². The SMILES string of the molecule is [C-]#[N+]c1cc(F)c(F)cc1-c1ccc(C#N)cc1C(F)(F)F. The lowest BCUT2D eigenvalue weighted by Crippen LogP contribution is -2.08. The van der Waals surface area contributed by atoms with Crippen molar-refractivity contribution in [3.05, 3.63) is 64.5 Å². The van der Waals surface area contributed by atoms with Crippen LogP contribution in [0.2, 0.25) is 0 Å². The van der Waals surface area contributed by atoms with Crippen molar-refractivity contribution in [2.24, 2.45) is 0 Å². The molecule has 0 amide bonds. The van der Waals surface area contributed by atoms with Crippen molar-refractivity contribution >= 4 is 5.69 Å². The fourth-order valence-corrected chi connectivity index (χ4v) is 1.93. The summed E-state index contributed by atoms with van der Waals surface area (Å²) in [6.07, 6.45) is -4.81. The molecule has 0 saturated heterocycles. The highest BCUT2D eigenvalue weighted by Crippen LogP contribution is 2.41. The molecule has 0 saturated carbocycles. The summed E-state index contributed by atoms with van der Waals surface area (Å²) in [7, 11) is 0. The highest BCUT2D eigenvalue weighted by atomic mass is 19.4. The third-order valence-corrected chi connectivity index (χ3v) is 2.90. The molecule has 0 fully saturated rings. The molecule has 0 aliphatic rings. The summed E-state index contributed by atoms with van der Waals surface area (Å²) in [4.78, 5) is 2.93. The number of halogens is 5. The standard InChI is InChI=1S/C15H5F5N2/c1-22-14-6-13(17)12(16)5-10(14)9-3-2-8(7-21)4-11(9)15(18,19)20/h2-6H. The van der Waals surface area contributed by atoms with Crippen molar-refractivity contribution in [2.45, 2.75) is 6.18 Å². The number of nitriles is 1. The molecule has 0 aromatic heterocycles. The van der Waals surface area contributed by atoms with Gasteiger partial charge in [-0.2, -0.15) is 18.4 Å². The van der Waals surface area contributed by atoms with Crippen LogP contribution >= 0.6 is 0 Å². The maximum atomic E-state index is 13.3. The normalized spacial score (nSPS) is 10.9. The molecular weight excluding hydrogens is 303 g/mol. The Labute approximate surface area is 121 Å². The average Bonchev–Trinajstić information content (AvgIpc) is 2.48. The second kappa shape index (κ2) is 5.45. The van der Waals surface area contributed by atoms with Gasteiger partial charge in [0.1, 0.15) is 5.82 Å². The molecular formula is C15H5F5N2. The van der Waals surface area contributed by atoms with Crippen LogP contribution in [0.25, 0.3) is 16.0 Å². The zero-order valence-electron chi connectivity index (χ0n) is 10.7. The van der Waals surface area contributed by atoms with E-state index < -0.39 is 34.6 Å². The molecule has 2 nitrogen and oxygen atoms in total. The molecule has 0 aliphatic carbocycles. The van der Waals surface area contributed by atoms with Crippen LogP contribution < -0.4 is 0 Å². The summed E-state index contributed by atoms with van der Waals surface area (Å²) < 4.78 is 65.8. The van der Waals surface area contributed by atoms with Gasteiger partial charge in [0.2, 0.25) is 0 Å². The molecule has 2 rings (SSSR count). The Hall–Kier alpha value is -2.93. The lowest BCUT2D eigenvalue weighted by Gasteiger charge is -2.14. The second-order valence-electron chi connectivity index (χ2n) is 4.27. The van der Waals surface area contributed by atoms with Crippen LogP contribution in [0.15, 0.2) is 30.3 Å². The van der Waals surface area contributed by atoms with Crippen LogP contribution in [0.4, 0.5) is 27.6 Å². The van der Waals surface area contributed by atoms with E-state index >= 15 is 0 Å². The summed E-state index contributed by atoms with van der Waals surface area (Å²) in [5.41, 5.74) is -2.75. The molecule has 0 aliphatic heterocycles. The number of benzene rings is 2. The molecule has 0 radical (unpaired) electrons. The first-order chi connectivity index (χ1) is 10.3. The summed E-state index contributed by atoms with van der Waals surface area (Å²) in [6, 6.07) is 5.32. The number of hydrogen-bond donors (Lipinski definition) is 0. The maximum Gasteiger partial charge on any atom is 0.417 e. The van der Waals surface area contributed by atoms with Crippen molar-refractivity contribution in [1.29, 1.82) is 5.26 Å². The maximum absolute atomic E-state index is 13.3. The summed E-state index contributed by atoms with van der Waals surface area (Å²) >= 11 is 0. The Kier molecular flexibility index (Phi) is 3.83. The van der Waals surface area contributed by atoms with Gasteiger partial charge in [-0.25, -0.2) is 13.6 Å². The van der Waals surface area contributed by atoms with Crippen LogP contribution in [0.1, 0.15) is 11.1 Å². The first kappa shape index (κ1) is 15.5. The van der Waals surface area contributed by atoms with Gasteiger partial charge in [0.05, 0.1) is 23.8 Å². The monoisotopic (exact) mass is 308 g/mol. The molecule has 7 heteroatoms. The van der Waals surface area contributed by atoms with Gasteiger partial charge in [-0.05, 0) is 35.4 Å². The van der Waals surface area contributed by atoms with Crippen LogP contribution in [-0.2, 0) is 6.18 Å². The average molecular weight is 308 g/mol. The van der Waals surface area contributed by atoms with E-state index in [0.29, 0.717) is 18.2 Å². The van der Waals surface area contributed by atoms with E-state index in [1.165, 1.54) is 0 Å². The Morgan fingerprint density at radius 1 is 1.00 bits per heavy atom. The Balaban J connectivity index is 2.82. The second-order valence-corrected chi connectivity index (χ2v) is 4.27. The van der Waals surface area contributed by atoms with Gasteiger partial charge in [-0.3, -0.25) is 0 Å². The van der Waals surface area contributed by atoms with Gasteiger partial charge < -0.3 is 0 Å². The van der Waals surface area contributed by atoms with E-state index in [4.69, 9.17) is 11.8 Å². The van der Waals surface area contributed by atoms with Gasteiger partial charge in [0, 0.05) is 0 Å². The zero-order chi connectivity index (χ0) is 16.5. The Morgan fingerprint density at radius 3 is 2.18 bits per heavy atom. The van der Waals surface area contributed by atoms with E-state index in [0.717, 1.165) is 12.1 Å². The highest BCUT2D eigenvalue weighted by Gasteiger charge is 2.34. The first-order valence-electron chi connectivity index (χ1n) is 5.76. The van der Waals surface area contributed by atoms with E-state index in [2.05, 4.69) is 4.85 Å². The van der Waals surface area contributed by atoms with Crippen LogP contribution in [0, 0.1) is 29.5 Å². The molecule has 0 N–H and O–H groups in total. The third kappa shape index (κ3) is 2.75. The minimum Gasteiger partial charge on any atom is -0.237 e. The predicted molar refractivity (Wildman–Crippen MR) is 67.8 cm³/mol. The zero-order valence-corrected chi connectivity index (χ0v) is 10.7. The summed E-state index contributed by atoms with van der Waals surface area (Å²) in [6.45, 7) is 6.91. The molecule has 22 heavy (non-hydrogen) atoms. The molecule has 2 aromatic rings. The van der Waals surface area contributed by atoms with Crippen LogP contribution in [0.3, 0.4) is 0 Å². The molecule has 0 spiro atoms. The molecule has 0 bridgehead atoms. The smallest absolute Gasteiger partial charge is 0.237 e. The van der Waals surface area contributed by atoms with Gasteiger partial charge in [0.25, 0.3) is 0 Å². The van der Waals surface area contributed by atoms with Crippen LogP contribution in [-0.4, -0.2) is 0 Å². The van der Waals surface area contributed by atoms with Crippen molar-refractivity contribution in [3.8, 4) is 17.2 Å².